The number of aliphatic hydroxyl groups is 1. The first-order valence-corrected chi connectivity index (χ1v) is 15.0. The summed E-state index contributed by atoms with van der Waals surface area (Å²) in [5.41, 5.74) is 0.723. The molecule has 5 rings (SSSR count). The fourth-order valence-electron chi connectivity index (χ4n) is 7.02. The summed E-state index contributed by atoms with van der Waals surface area (Å²) in [5, 5.41) is 11.9. The number of carbonyl (C=O) groups excluding carboxylic acids is 3. The zero-order valence-electron chi connectivity index (χ0n) is 23.0. The number of unbranched alkanes of at least 4 members (excludes halogenated alkanes) is 2. The molecule has 1 N–H and O–H groups in total. The molecule has 40 heavy (non-hydrogen) atoms. The minimum Gasteiger partial charge on any atom is -0.465 e. The van der Waals surface area contributed by atoms with Gasteiger partial charge in [0.2, 0.25) is 5.91 Å². The highest BCUT2D eigenvalue weighted by Gasteiger charge is 2.76. The molecule has 8 heteroatoms. The van der Waals surface area contributed by atoms with Crippen LogP contribution in [0.15, 0.2) is 67.8 Å². The third-order valence-corrected chi connectivity index (χ3v) is 10.8. The highest BCUT2D eigenvalue weighted by molar-refractivity contribution is 8.02. The summed E-state index contributed by atoms with van der Waals surface area (Å²) < 4.78 is 4.92. The molecule has 0 aromatic heterocycles. The third kappa shape index (κ3) is 4.65. The number of hydrogen-bond acceptors (Lipinski definition) is 6. The van der Waals surface area contributed by atoms with E-state index in [9.17, 15) is 19.5 Å². The van der Waals surface area contributed by atoms with Crippen LogP contribution in [-0.2, 0) is 19.1 Å². The smallest absolute Gasteiger partial charge is 0.310 e. The van der Waals surface area contributed by atoms with Crippen molar-refractivity contribution >= 4 is 46.0 Å². The Morgan fingerprint density at radius 1 is 1.18 bits per heavy atom. The number of benzene rings is 2. The van der Waals surface area contributed by atoms with E-state index >= 15 is 0 Å². The predicted octanol–water partition coefficient (Wildman–Crippen LogP) is 4.59. The van der Waals surface area contributed by atoms with Crippen LogP contribution < -0.4 is 4.90 Å². The van der Waals surface area contributed by atoms with Crippen LogP contribution >= 0.6 is 11.8 Å². The van der Waals surface area contributed by atoms with E-state index in [1.54, 1.807) is 22.7 Å². The number of thioether (sulfide) groups is 1. The molecule has 7 nitrogen and oxygen atoms in total. The quantitative estimate of drug-likeness (QED) is 0.231. The first-order chi connectivity index (χ1) is 19.4. The van der Waals surface area contributed by atoms with Crippen LogP contribution in [0.3, 0.4) is 0 Å². The number of nitrogens with zero attached hydrogens (tertiary/aromatic N) is 2. The largest absolute Gasteiger partial charge is 0.465 e. The van der Waals surface area contributed by atoms with E-state index in [4.69, 9.17) is 4.74 Å². The monoisotopic (exact) mass is 562 g/mol. The van der Waals surface area contributed by atoms with Crippen molar-refractivity contribution in [3.63, 3.8) is 0 Å². The molecule has 6 atom stereocenters. The van der Waals surface area contributed by atoms with Crippen molar-refractivity contribution in [2.45, 2.75) is 48.6 Å². The Hall–Kier alpha value is -3.10. The third-order valence-electron chi connectivity index (χ3n) is 8.76. The van der Waals surface area contributed by atoms with Crippen LogP contribution in [-0.4, -0.2) is 70.1 Å². The van der Waals surface area contributed by atoms with Gasteiger partial charge in [0, 0.05) is 24.0 Å². The van der Waals surface area contributed by atoms with Crippen molar-refractivity contribution in [3.05, 3.63) is 67.8 Å². The van der Waals surface area contributed by atoms with Crippen LogP contribution in [0.5, 0.6) is 0 Å². The average molecular weight is 563 g/mol. The van der Waals surface area contributed by atoms with Gasteiger partial charge in [-0.3, -0.25) is 14.4 Å². The highest BCUT2D eigenvalue weighted by Crippen LogP contribution is 2.68. The van der Waals surface area contributed by atoms with E-state index in [1.165, 1.54) is 4.90 Å². The van der Waals surface area contributed by atoms with Crippen LogP contribution in [0.4, 0.5) is 5.69 Å². The maximum atomic E-state index is 14.6. The van der Waals surface area contributed by atoms with E-state index < -0.39 is 22.6 Å². The van der Waals surface area contributed by atoms with Crippen LogP contribution in [0, 0.1) is 17.8 Å². The second-order valence-corrected chi connectivity index (χ2v) is 12.6. The molecule has 212 valence electrons. The summed E-state index contributed by atoms with van der Waals surface area (Å²) in [7, 11) is 0. The molecule has 3 unspecified atom stereocenters. The number of carbonyl (C=O) groups is 3. The zero-order valence-corrected chi connectivity index (χ0v) is 23.9. The zero-order chi connectivity index (χ0) is 28.4. The molecule has 2 aromatic carbocycles. The number of rotatable bonds is 12. The highest BCUT2D eigenvalue weighted by atomic mass is 32.2. The number of anilines is 1. The summed E-state index contributed by atoms with van der Waals surface area (Å²) in [6.07, 6.45) is 6.75. The first-order valence-electron chi connectivity index (χ1n) is 14.2. The van der Waals surface area contributed by atoms with E-state index in [2.05, 4.69) is 20.1 Å². The fraction of sp³-hybridized carbons (Fsp3) is 0.469. The number of amides is 2. The Balaban J connectivity index is 1.49. The lowest BCUT2D eigenvalue weighted by Gasteiger charge is -2.40. The lowest BCUT2D eigenvalue weighted by molar-refractivity contribution is -0.154. The molecule has 0 radical (unpaired) electrons. The van der Waals surface area contributed by atoms with E-state index in [0.29, 0.717) is 6.61 Å². The number of allylic oxidation sites excluding steroid dienone is 1. The van der Waals surface area contributed by atoms with Gasteiger partial charge in [0.15, 0.2) is 0 Å². The van der Waals surface area contributed by atoms with Gasteiger partial charge < -0.3 is 19.6 Å². The van der Waals surface area contributed by atoms with Crippen molar-refractivity contribution in [2.24, 2.45) is 17.8 Å². The minimum absolute atomic E-state index is 0.0351. The lowest BCUT2D eigenvalue weighted by Crippen LogP contribution is -2.57. The number of aliphatic hydroxyl groups excluding tert-OH is 1. The van der Waals surface area contributed by atoms with Gasteiger partial charge in [-0.05, 0) is 54.5 Å². The lowest BCUT2D eigenvalue weighted by atomic mass is 9.66. The summed E-state index contributed by atoms with van der Waals surface area (Å²) in [6, 6.07) is 13.0. The Bertz CT molecular complexity index is 1310. The topological polar surface area (TPSA) is 87.2 Å². The number of fused-ring (bicyclic) bond motifs is 2. The number of esters is 1. The minimum atomic E-state index is -0.807. The Morgan fingerprint density at radius 3 is 2.67 bits per heavy atom. The van der Waals surface area contributed by atoms with Crippen LogP contribution in [0.2, 0.25) is 0 Å². The van der Waals surface area contributed by atoms with Gasteiger partial charge in [0.25, 0.3) is 5.91 Å². The van der Waals surface area contributed by atoms with Crippen LogP contribution in [0.1, 0.15) is 32.6 Å². The molecule has 3 fully saturated rings. The van der Waals surface area contributed by atoms with Gasteiger partial charge in [-0.25, -0.2) is 0 Å². The van der Waals surface area contributed by atoms with Crippen molar-refractivity contribution in [1.29, 1.82) is 0 Å². The van der Waals surface area contributed by atoms with E-state index in [-0.39, 0.29) is 48.6 Å². The van der Waals surface area contributed by atoms with Crippen LogP contribution in [0.25, 0.3) is 10.8 Å². The van der Waals surface area contributed by atoms with Crippen molar-refractivity contribution in [3.8, 4) is 0 Å². The Morgan fingerprint density at radius 2 is 1.95 bits per heavy atom. The number of β-amino-alcohol motifs (C(OH)–C–C–N with tert-alkyl or cyclic N) is 1. The average Bonchev–Trinajstić information content (AvgIpc) is 3.55. The molecular weight excluding hydrogens is 524 g/mol. The van der Waals surface area contributed by atoms with Crippen molar-refractivity contribution < 1.29 is 24.2 Å². The molecule has 0 aliphatic carbocycles. The molecule has 0 saturated carbocycles. The van der Waals surface area contributed by atoms with E-state index in [1.807, 2.05) is 48.5 Å². The number of likely N-dealkylation sites (tertiary alicyclic amines) is 1. The van der Waals surface area contributed by atoms with Gasteiger partial charge in [-0.2, -0.15) is 0 Å². The van der Waals surface area contributed by atoms with Gasteiger partial charge in [-0.1, -0.05) is 49.4 Å². The second kappa shape index (κ2) is 11.8. The summed E-state index contributed by atoms with van der Waals surface area (Å²) in [6.45, 7) is 10.0. The SMILES string of the molecule is C=CCCCCOC(=O)[C@@H]1[C@@H]2CC(C)C3(S2)C(C(=O)N(CC=C)c2ccc4ccccc4c2)N(CCO)C(=O)[C@H]13. The standard InChI is InChI=1S/C32H38N2O5S/c1-4-6-7-10-18-39-31(38)26-25-19-21(3)32(40-25)27(26)29(36)34(16-17-35)28(32)30(37)33(15-5-2)24-14-13-22-11-8-9-12-23(22)20-24/h4-5,8-9,11-14,20-21,25-28,35H,1-2,6-7,10,15-19H2,3H3/t21?,25-,26+,27-,28?,32?/m0/s1. The first kappa shape index (κ1) is 28.4. The molecule has 3 saturated heterocycles. The van der Waals surface area contributed by atoms with Gasteiger partial charge >= 0.3 is 5.97 Å². The maximum absolute atomic E-state index is 14.6. The molecule has 2 aromatic rings. The molecule has 3 heterocycles. The molecule has 3 aliphatic rings. The summed E-state index contributed by atoms with van der Waals surface area (Å²) in [5.74, 6) is -2.02. The molecule has 3 aliphatic heterocycles. The summed E-state index contributed by atoms with van der Waals surface area (Å²) >= 11 is 1.61. The maximum Gasteiger partial charge on any atom is 0.310 e. The van der Waals surface area contributed by atoms with Crippen molar-refractivity contribution in [2.75, 3.05) is 31.2 Å². The molecule has 2 bridgehead atoms. The van der Waals surface area contributed by atoms with Gasteiger partial charge in [0.1, 0.15) is 6.04 Å². The number of ether oxygens (including phenoxy) is 1. The second-order valence-electron chi connectivity index (χ2n) is 11.0. The Labute approximate surface area is 240 Å². The molecular formula is C32H38N2O5S. The molecule has 2 amide bonds. The Kier molecular flexibility index (Phi) is 8.38. The van der Waals surface area contributed by atoms with Gasteiger partial charge in [-0.15, -0.1) is 24.9 Å². The van der Waals surface area contributed by atoms with Crippen molar-refractivity contribution in [1.82, 2.24) is 4.90 Å². The number of hydrogen-bond donors (Lipinski definition) is 1. The predicted molar refractivity (Wildman–Crippen MR) is 159 cm³/mol. The summed E-state index contributed by atoms with van der Waals surface area (Å²) in [4.78, 5) is 45.2. The fourth-order valence-corrected chi connectivity index (χ4v) is 9.42. The normalized spacial score (nSPS) is 28.5. The molecule has 1 spiro atoms. The van der Waals surface area contributed by atoms with Gasteiger partial charge in [0.05, 0.1) is 29.8 Å². The van der Waals surface area contributed by atoms with E-state index in [0.717, 1.165) is 42.1 Å².